The van der Waals surface area contributed by atoms with Gasteiger partial charge in [-0.25, -0.2) is 4.68 Å². The second-order valence-electron chi connectivity index (χ2n) is 10.3. The Bertz CT molecular complexity index is 652. The molecule has 0 aliphatic carbocycles. The van der Waals surface area contributed by atoms with E-state index in [0.29, 0.717) is 12.5 Å². The molecule has 0 aromatic carbocycles. The summed E-state index contributed by atoms with van der Waals surface area (Å²) in [5.41, 5.74) is 0.0799. The van der Waals surface area contributed by atoms with Crippen LogP contribution in [0.15, 0.2) is 6.20 Å². The molecule has 1 saturated heterocycles. The second kappa shape index (κ2) is 8.13. The topological polar surface area (TPSA) is 54.7 Å². The smallest absolute Gasteiger partial charge is 0.478 e. The molecule has 0 bridgehead atoms. The van der Waals surface area contributed by atoms with Crippen molar-refractivity contribution in [3.8, 4) is 5.88 Å². The second-order valence-corrected chi connectivity index (χ2v) is 15.1. The van der Waals surface area contributed by atoms with E-state index in [0.717, 1.165) is 24.9 Å². The summed E-state index contributed by atoms with van der Waals surface area (Å²) < 4.78 is 26.3. The highest BCUT2D eigenvalue weighted by Crippen LogP contribution is 2.37. The van der Waals surface area contributed by atoms with Gasteiger partial charge >= 0.3 is 7.12 Å². The number of hydrogen-bond donors (Lipinski definition) is 0. The van der Waals surface area contributed by atoms with Gasteiger partial charge in [0.2, 0.25) is 5.88 Å². The molecule has 0 saturated carbocycles. The van der Waals surface area contributed by atoms with Crippen molar-refractivity contribution in [1.82, 2.24) is 9.78 Å². The number of aromatic nitrogens is 2. The van der Waals surface area contributed by atoms with E-state index >= 15 is 0 Å². The standard InChI is InChI=1S/C20H39BN2O4Si/c1-18(2,3)28(9,10)25-14-12-11-13-24-17-16(15-22-23(17)8)21-26-19(4,5)20(6,7)27-21/h15H,11-14H2,1-10H3. The minimum Gasteiger partial charge on any atom is -0.478 e. The summed E-state index contributed by atoms with van der Waals surface area (Å²) in [6, 6.07) is 0. The molecule has 0 atom stereocenters. The van der Waals surface area contributed by atoms with E-state index in [2.05, 4.69) is 39.0 Å². The maximum absolute atomic E-state index is 6.23. The Morgan fingerprint density at radius 1 is 1.07 bits per heavy atom. The SMILES string of the molecule is Cn1ncc(B2OC(C)(C)C(C)(C)O2)c1OCCCCO[Si](C)(C)C(C)(C)C. The molecule has 1 aliphatic heterocycles. The number of nitrogens with zero attached hydrogens (tertiary/aromatic N) is 2. The first-order valence-corrected chi connectivity index (χ1v) is 13.2. The molecule has 8 heteroatoms. The molecular formula is C20H39BN2O4Si. The average Bonchev–Trinajstić information content (AvgIpc) is 2.98. The van der Waals surface area contributed by atoms with Gasteiger partial charge in [0.1, 0.15) is 0 Å². The maximum atomic E-state index is 6.23. The van der Waals surface area contributed by atoms with Gasteiger partial charge < -0.3 is 18.5 Å². The van der Waals surface area contributed by atoms with Crippen molar-refractivity contribution in [3.05, 3.63) is 6.20 Å². The monoisotopic (exact) mass is 410 g/mol. The van der Waals surface area contributed by atoms with Crippen LogP contribution in [-0.4, -0.2) is 49.6 Å². The summed E-state index contributed by atoms with van der Waals surface area (Å²) in [5.74, 6) is 0.712. The predicted molar refractivity (Wildman–Crippen MR) is 117 cm³/mol. The molecule has 160 valence electrons. The molecule has 0 spiro atoms. The van der Waals surface area contributed by atoms with Gasteiger partial charge in [-0.1, -0.05) is 20.8 Å². The molecule has 1 aliphatic rings. The Kier molecular flexibility index (Phi) is 6.81. The van der Waals surface area contributed by atoms with Crippen molar-refractivity contribution in [2.75, 3.05) is 13.2 Å². The minimum atomic E-state index is -1.67. The fraction of sp³-hybridized carbons (Fsp3) is 0.850. The Labute approximate surface area is 172 Å². The van der Waals surface area contributed by atoms with Crippen molar-refractivity contribution in [2.24, 2.45) is 7.05 Å². The van der Waals surface area contributed by atoms with Crippen molar-refractivity contribution in [1.29, 1.82) is 0 Å². The maximum Gasteiger partial charge on any atom is 0.502 e. The van der Waals surface area contributed by atoms with Crippen LogP contribution in [0.1, 0.15) is 61.3 Å². The Hall–Kier alpha value is -0.828. The van der Waals surface area contributed by atoms with Gasteiger partial charge in [0.25, 0.3) is 0 Å². The largest absolute Gasteiger partial charge is 0.502 e. The zero-order chi connectivity index (χ0) is 21.4. The highest BCUT2D eigenvalue weighted by molar-refractivity contribution is 6.74. The van der Waals surface area contributed by atoms with Crippen LogP contribution in [0.25, 0.3) is 0 Å². The molecule has 1 aromatic heterocycles. The van der Waals surface area contributed by atoms with Gasteiger partial charge in [-0.05, 0) is 58.7 Å². The summed E-state index contributed by atoms with van der Waals surface area (Å²) in [6.07, 6.45) is 3.69. The summed E-state index contributed by atoms with van der Waals surface area (Å²) in [6.45, 7) is 21.0. The molecule has 0 unspecified atom stereocenters. The van der Waals surface area contributed by atoms with Crippen LogP contribution >= 0.6 is 0 Å². The molecule has 2 heterocycles. The molecule has 0 radical (unpaired) electrons. The van der Waals surface area contributed by atoms with Crippen LogP contribution in [0.2, 0.25) is 18.1 Å². The van der Waals surface area contributed by atoms with Crippen molar-refractivity contribution >= 4 is 20.9 Å². The lowest BCUT2D eigenvalue weighted by Gasteiger charge is -2.36. The minimum absolute atomic E-state index is 0.246. The number of aryl methyl sites for hydroxylation is 1. The Balaban J connectivity index is 1.86. The van der Waals surface area contributed by atoms with E-state index in [1.165, 1.54) is 0 Å². The molecule has 1 fully saturated rings. The van der Waals surface area contributed by atoms with Gasteiger partial charge in [-0.2, -0.15) is 5.10 Å². The van der Waals surface area contributed by atoms with Crippen molar-refractivity contribution in [2.45, 2.75) is 90.6 Å². The average molecular weight is 410 g/mol. The first kappa shape index (κ1) is 23.5. The lowest BCUT2D eigenvalue weighted by atomic mass is 9.81. The third-order valence-corrected chi connectivity index (χ3v) is 11.0. The van der Waals surface area contributed by atoms with E-state index in [-0.39, 0.29) is 16.2 Å². The van der Waals surface area contributed by atoms with Crippen LogP contribution in [0.5, 0.6) is 5.88 Å². The zero-order valence-electron chi connectivity index (χ0n) is 19.5. The lowest BCUT2D eigenvalue weighted by Crippen LogP contribution is -2.41. The lowest BCUT2D eigenvalue weighted by molar-refractivity contribution is 0.00578. The van der Waals surface area contributed by atoms with Crippen LogP contribution in [0.4, 0.5) is 0 Å². The highest BCUT2D eigenvalue weighted by Gasteiger charge is 2.53. The van der Waals surface area contributed by atoms with Crippen LogP contribution in [-0.2, 0) is 20.8 Å². The van der Waals surface area contributed by atoms with Crippen LogP contribution in [0, 0.1) is 0 Å². The van der Waals surface area contributed by atoms with Gasteiger partial charge in [-0.3, -0.25) is 0 Å². The van der Waals surface area contributed by atoms with E-state index < -0.39 is 15.4 Å². The molecule has 1 aromatic rings. The fourth-order valence-electron chi connectivity index (χ4n) is 2.67. The van der Waals surface area contributed by atoms with E-state index in [1.807, 2.05) is 34.7 Å². The molecular weight excluding hydrogens is 371 g/mol. The summed E-state index contributed by atoms with van der Waals surface area (Å²) in [7, 11) is -0.252. The molecule has 0 amide bonds. The van der Waals surface area contributed by atoms with E-state index in [1.54, 1.807) is 10.9 Å². The first-order chi connectivity index (χ1) is 12.7. The number of rotatable bonds is 8. The van der Waals surface area contributed by atoms with Gasteiger partial charge in [0.05, 0.1) is 29.5 Å². The predicted octanol–water partition coefficient (Wildman–Crippen LogP) is 3.90. The van der Waals surface area contributed by atoms with E-state index in [4.69, 9.17) is 18.5 Å². The number of unbranched alkanes of at least 4 members (excludes halogenated alkanes) is 1. The number of hydrogen-bond acceptors (Lipinski definition) is 5. The summed E-state index contributed by atoms with van der Waals surface area (Å²) in [4.78, 5) is 0. The van der Waals surface area contributed by atoms with Crippen LogP contribution in [0.3, 0.4) is 0 Å². The summed E-state index contributed by atoms with van der Waals surface area (Å²) >= 11 is 0. The van der Waals surface area contributed by atoms with Crippen molar-refractivity contribution in [3.63, 3.8) is 0 Å². The van der Waals surface area contributed by atoms with Crippen LogP contribution < -0.4 is 10.2 Å². The molecule has 6 nitrogen and oxygen atoms in total. The fourth-order valence-corrected chi connectivity index (χ4v) is 3.76. The molecule has 2 rings (SSSR count). The third-order valence-electron chi connectivity index (χ3n) is 6.46. The third kappa shape index (κ3) is 5.01. The zero-order valence-corrected chi connectivity index (χ0v) is 20.5. The Morgan fingerprint density at radius 2 is 1.61 bits per heavy atom. The summed E-state index contributed by atoms with van der Waals surface area (Å²) in [5, 5.41) is 4.59. The van der Waals surface area contributed by atoms with Gasteiger partial charge in [0, 0.05) is 13.7 Å². The van der Waals surface area contributed by atoms with Gasteiger partial charge in [0.15, 0.2) is 8.32 Å². The highest BCUT2D eigenvalue weighted by atomic mass is 28.4. The Morgan fingerprint density at radius 3 is 2.14 bits per heavy atom. The quantitative estimate of drug-likeness (QED) is 0.481. The van der Waals surface area contributed by atoms with Crippen molar-refractivity contribution < 1.29 is 18.5 Å². The number of ether oxygens (including phenoxy) is 1. The normalized spacial score (nSPS) is 19.3. The van der Waals surface area contributed by atoms with E-state index in [9.17, 15) is 0 Å². The molecule has 28 heavy (non-hydrogen) atoms. The first-order valence-electron chi connectivity index (χ1n) is 10.3. The molecule has 0 N–H and O–H groups in total. The van der Waals surface area contributed by atoms with Gasteiger partial charge in [-0.15, -0.1) is 0 Å².